The van der Waals surface area contributed by atoms with Crippen LogP contribution in [0.4, 0.5) is 8.78 Å². The Hall–Kier alpha value is -1.00. The molecule has 3 unspecified atom stereocenters. The summed E-state index contributed by atoms with van der Waals surface area (Å²) >= 11 is 0. The second kappa shape index (κ2) is 6.81. The van der Waals surface area contributed by atoms with E-state index < -0.39 is 23.7 Å². The quantitative estimate of drug-likeness (QED) is 0.823. The average Bonchev–Trinajstić information content (AvgIpc) is 2.28. The lowest BCUT2D eigenvalue weighted by molar-refractivity contribution is 0.0857. The highest BCUT2D eigenvalue weighted by Gasteiger charge is 2.25. The minimum Gasteiger partial charge on any atom is -0.392 e. The SMILES string of the molecule is CCCC(C)C(O)C(CN)c1cc(F)cc(F)c1. The summed E-state index contributed by atoms with van der Waals surface area (Å²) in [6.07, 6.45) is 1.12. The van der Waals surface area contributed by atoms with Crippen LogP contribution in [0.25, 0.3) is 0 Å². The highest BCUT2D eigenvalue weighted by atomic mass is 19.1. The van der Waals surface area contributed by atoms with Gasteiger partial charge >= 0.3 is 0 Å². The summed E-state index contributed by atoms with van der Waals surface area (Å²) in [5, 5.41) is 10.2. The summed E-state index contributed by atoms with van der Waals surface area (Å²) in [6, 6.07) is 3.30. The van der Waals surface area contributed by atoms with E-state index in [1.54, 1.807) is 0 Å². The van der Waals surface area contributed by atoms with Gasteiger partial charge in [-0.25, -0.2) is 8.78 Å². The first-order chi connectivity index (χ1) is 8.49. The Morgan fingerprint density at radius 1 is 1.22 bits per heavy atom. The van der Waals surface area contributed by atoms with E-state index in [1.807, 2.05) is 13.8 Å². The highest BCUT2D eigenvalue weighted by Crippen LogP contribution is 2.27. The normalized spacial score (nSPS) is 16.3. The Labute approximate surface area is 107 Å². The molecule has 0 bridgehead atoms. The molecule has 0 aliphatic rings. The van der Waals surface area contributed by atoms with E-state index in [-0.39, 0.29) is 12.5 Å². The second-order valence-corrected chi connectivity index (χ2v) is 4.80. The monoisotopic (exact) mass is 257 g/mol. The zero-order valence-corrected chi connectivity index (χ0v) is 10.9. The van der Waals surface area contributed by atoms with Crippen LogP contribution in [0.1, 0.15) is 38.2 Å². The van der Waals surface area contributed by atoms with Crippen LogP contribution in [0.2, 0.25) is 0 Å². The Balaban J connectivity index is 2.94. The van der Waals surface area contributed by atoms with E-state index in [2.05, 4.69) is 0 Å². The van der Waals surface area contributed by atoms with Gasteiger partial charge in [-0.05, 0) is 30.0 Å². The van der Waals surface area contributed by atoms with E-state index >= 15 is 0 Å². The van der Waals surface area contributed by atoms with Crippen LogP contribution < -0.4 is 5.73 Å². The van der Waals surface area contributed by atoms with Crippen molar-refractivity contribution in [3.8, 4) is 0 Å². The third-order valence-electron chi connectivity index (χ3n) is 3.31. The smallest absolute Gasteiger partial charge is 0.126 e. The van der Waals surface area contributed by atoms with Gasteiger partial charge in [0.2, 0.25) is 0 Å². The predicted molar refractivity (Wildman–Crippen MR) is 68.2 cm³/mol. The molecule has 3 atom stereocenters. The topological polar surface area (TPSA) is 46.2 Å². The van der Waals surface area contributed by atoms with Crippen molar-refractivity contribution in [2.24, 2.45) is 11.7 Å². The van der Waals surface area contributed by atoms with Crippen LogP contribution in [0, 0.1) is 17.6 Å². The van der Waals surface area contributed by atoms with Gasteiger partial charge in [-0.1, -0.05) is 20.3 Å². The Kier molecular flexibility index (Phi) is 5.69. The number of hydrogen-bond donors (Lipinski definition) is 2. The Bertz CT molecular complexity index is 364. The van der Waals surface area contributed by atoms with Crippen LogP contribution in [0.15, 0.2) is 18.2 Å². The summed E-state index contributed by atoms with van der Waals surface area (Å²) in [6.45, 7) is 4.12. The predicted octanol–water partition coefficient (Wildman–Crippen LogP) is 2.80. The van der Waals surface area contributed by atoms with Crippen molar-refractivity contribution in [1.29, 1.82) is 0 Å². The molecule has 1 aromatic carbocycles. The summed E-state index contributed by atoms with van der Waals surface area (Å²) in [4.78, 5) is 0. The van der Waals surface area contributed by atoms with Crippen molar-refractivity contribution >= 4 is 0 Å². The van der Waals surface area contributed by atoms with Crippen molar-refractivity contribution in [2.75, 3.05) is 6.54 Å². The molecule has 3 N–H and O–H groups in total. The maximum Gasteiger partial charge on any atom is 0.126 e. The molecule has 0 fully saturated rings. The van der Waals surface area contributed by atoms with E-state index in [0.29, 0.717) is 5.56 Å². The standard InChI is InChI=1S/C14H21F2NO/c1-3-4-9(2)14(18)13(8-17)10-5-11(15)7-12(16)6-10/h5-7,9,13-14,18H,3-4,8,17H2,1-2H3. The molecule has 0 saturated carbocycles. The molecule has 0 aliphatic carbocycles. The Morgan fingerprint density at radius 2 is 1.78 bits per heavy atom. The van der Waals surface area contributed by atoms with Gasteiger partial charge in [-0.15, -0.1) is 0 Å². The number of aliphatic hydroxyl groups is 1. The lowest BCUT2D eigenvalue weighted by Crippen LogP contribution is -2.31. The third-order valence-corrected chi connectivity index (χ3v) is 3.31. The first-order valence-electron chi connectivity index (χ1n) is 6.33. The number of nitrogens with two attached hydrogens (primary N) is 1. The summed E-state index contributed by atoms with van der Waals surface area (Å²) < 4.78 is 26.3. The fourth-order valence-corrected chi connectivity index (χ4v) is 2.28. The fourth-order valence-electron chi connectivity index (χ4n) is 2.28. The Morgan fingerprint density at radius 3 is 2.22 bits per heavy atom. The van der Waals surface area contributed by atoms with E-state index in [9.17, 15) is 13.9 Å². The molecule has 1 aromatic rings. The lowest BCUT2D eigenvalue weighted by atomic mass is 9.84. The lowest BCUT2D eigenvalue weighted by Gasteiger charge is -2.27. The maximum atomic E-state index is 13.2. The molecule has 1 rings (SSSR count). The first kappa shape index (κ1) is 15.1. The van der Waals surface area contributed by atoms with Gasteiger partial charge in [-0.2, -0.15) is 0 Å². The number of benzene rings is 1. The molecule has 0 saturated heterocycles. The second-order valence-electron chi connectivity index (χ2n) is 4.80. The van der Waals surface area contributed by atoms with Crippen LogP contribution in [-0.2, 0) is 0 Å². The molecule has 2 nitrogen and oxygen atoms in total. The zero-order valence-electron chi connectivity index (χ0n) is 10.9. The van der Waals surface area contributed by atoms with Gasteiger partial charge in [0.1, 0.15) is 11.6 Å². The van der Waals surface area contributed by atoms with Gasteiger partial charge in [0, 0.05) is 18.5 Å². The number of halogens is 2. The molecular formula is C14H21F2NO. The molecule has 18 heavy (non-hydrogen) atoms. The molecule has 0 amide bonds. The molecule has 0 spiro atoms. The first-order valence-corrected chi connectivity index (χ1v) is 6.33. The van der Waals surface area contributed by atoms with Crippen LogP contribution in [0.5, 0.6) is 0 Å². The molecule has 0 aromatic heterocycles. The summed E-state index contributed by atoms with van der Waals surface area (Å²) in [7, 11) is 0. The van der Waals surface area contributed by atoms with E-state index in [4.69, 9.17) is 5.73 Å². The van der Waals surface area contributed by atoms with Crippen molar-refractivity contribution in [2.45, 2.75) is 38.7 Å². The van der Waals surface area contributed by atoms with Crippen molar-refractivity contribution < 1.29 is 13.9 Å². The molecule has 0 aliphatic heterocycles. The van der Waals surface area contributed by atoms with Crippen molar-refractivity contribution in [1.82, 2.24) is 0 Å². The summed E-state index contributed by atoms with van der Waals surface area (Å²) in [5.74, 6) is -1.66. The van der Waals surface area contributed by atoms with Crippen LogP contribution >= 0.6 is 0 Å². The zero-order chi connectivity index (χ0) is 13.7. The van der Waals surface area contributed by atoms with E-state index in [0.717, 1.165) is 18.9 Å². The van der Waals surface area contributed by atoms with Gasteiger partial charge in [0.25, 0.3) is 0 Å². The van der Waals surface area contributed by atoms with Gasteiger partial charge in [-0.3, -0.25) is 0 Å². The largest absolute Gasteiger partial charge is 0.392 e. The van der Waals surface area contributed by atoms with Gasteiger partial charge < -0.3 is 10.8 Å². The van der Waals surface area contributed by atoms with Gasteiger partial charge in [0.15, 0.2) is 0 Å². The van der Waals surface area contributed by atoms with Crippen molar-refractivity contribution in [3.05, 3.63) is 35.4 Å². The van der Waals surface area contributed by atoms with Crippen LogP contribution in [-0.4, -0.2) is 17.8 Å². The number of aliphatic hydroxyl groups excluding tert-OH is 1. The third kappa shape index (κ3) is 3.75. The molecule has 0 heterocycles. The maximum absolute atomic E-state index is 13.2. The minimum absolute atomic E-state index is 0.0508. The molecule has 4 heteroatoms. The van der Waals surface area contributed by atoms with Crippen LogP contribution in [0.3, 0.4) is 0 Å². The number of hydrogen-bond acceptors (Lipinski definition) is 2. The molecule has 102 valence electrons. The fraction of sp³-hybridized carbons (Fsp3) is 0.571. The average molecular weight is 257 g/mol. The summed E-state index contributed by atoms with van der Waals surface area (Å²) in [5.41, 5.74) is 6.06. The molecular weight excluding hydrogens is 236 g/mol. The van der Waals surface area contributed by atoms with Gasteiger partial charge in [0.05, 0.1) is 6.10 Å². The highest BCUT2D eigenvalue weighted by molar-refractivity contribution is 5.23. The number of rotatable bonds is 6. The molecule has 0 radical (unpaired) electrons. The van der Waals surface area contributed by atoms with E-state index in [1.165, 1.54) is 12.1 Å². The minimum atomic E-state index is -0.684. The van der Waals surface area contributed by atoms with Crippen molar-refractivity contribution in [3.63, 3.8) is 0 Å².